The fourth-order valence-corrected chi connectivity index (χ4v) is 9.12. The summed E-state index contributed by atoms with van der Waals surface area (Å²) in [6, 6.07) is 7.03. The van der Waals surface area contributed by atoms with E-state index in [0.717, 1.165) is 37.5 Å². The minimum atomic E-state index is -2.13. The maximum atomic E-state index is 14.2. The number of halogens is 4. The smallest absolute Gasteiger partial charge is 0.305 e. The highest BCUT2D eigenvalue weighted by atomic mass is 28.3. The van der Waals surface area contributed by atoms with Crippen LogP contribution >= 0.6 is 0 Å². The highest BCUT2D eigenvalue weighted by molar-refractivity contribution is 6.58. The molecule has 1 aromatic carbocycles. The zero-order chi connectivity index (χ0) is 21.5. The Morgan fingerprint density at radius 1 is 0.967 bits per heavy atom. The van der Waals surface area contributed by atoms with Crippen LogP contribution in [0.3, 0.4) is 0 Å². The van der Waals surface area contributed by atoms with Gasteiger partial charge in [0.2, 0.25) is 0 Å². The molecule has 3 rings (SSSR count). The van der Waals surface area contributed by atoms with E-state index in [1.807, 2.05) is 0 Å². The molecule has 0 bridgehead atoms. The third kappa shape index (κ3) is 6.35. The Bertz CT molecular complexity index is 680. The topological polar surface area (TPSA) is 9.23 Å². The van der Waals surface area contributed by atoms with Gasteiger partial charge in [-0.25, -0.2) is 8.78 Å². The van der Waals surface area contributed by atoms with Crippen LogP contribution in [0.15, 0.2) is 24.5 Å². The molecule has 1 saturated heterocycles. The Morgan fingerprint density at radius 3 is 2.13 bits per heavy atom. The SMILES string of the molecule is CCCCC[SiH]1CCC(C2CCC(c3cc(F)c(OC=C(F)F)c(F)c3)CC2)CC1. The van der Waals surface area contributed by atoms with Gasteiger partial charge in [0.15, 0.2) is 23.6 Å². The number of ether oxygens (including phenoxy) is 1. The first-order valence-corrected chi connectivity index (χ1v) is 14.1. The fraction of sp³-hybridized carbons (Fsp3) is 0.667. The highest BCUT2D eigenvalue weighted by Gasteiger charge is 2.32. The van der Waals surface area contributed by atoms with E-state index in [-0.39, 0.29) is 12.2 Å². The molecule has 0 aromatic heterocycles. The molecule has 1 saturated carbocycles. The molecule has 2 aliphatic rings. The summed E-state index contributed by atoms with van der Waals surface area (Å²) in [5.74, 6) is -0.881. The summed E-state index contributed by atoms with van der Waals surface area (Å²) in [5, 5.41) is 0. The van der Waals surface area contributed by atoms with Crippen LogP contribution < -0.4 is 4.74 Å². The molecule has 1 aliphatic carbocycles. The lowest BCUT2D eigenvalue weighted by molar-refractivity contribution is 0.216. The van der Waals surface area contributed by atoms with E-state index in [2.05, 4.69) is 11.7 Å². The first-order valence-electron chi connectivity index (χ1n) is 11.6. The molecule has 0 atom stereocenters. The normalized spacial score (nSPS) is 27.0. The van der Waals surface area contributed by atoms with Gasteiger partial charge in [-0.05, 0) is 61.1 Å². The van der Waals surface area contributed by atoms with Gasteiger partial charge in [-0.3, -0.25) is 0 Å². The summed E-state index contributed by atoms with van der Waals surface area (Å²) >= 11 is 0. The molecular formula is C24H34F4OSi. The monoisotopic (exact) mass is 442 g/mol. The number of benzene rings is 1. The van der Waals surface area contributed by atoms with Crippen molar-refractivity contribution < 1.29 is 22.3 Å². The number of unbranched alkanes of at least 4 members (excludes halogenated alkanes) is 2. The summed E-state index contributed by atoms with van der Waals surface area (Å²) in [6.45, 7) is 2.27. The van der Waals surface area contributed by atoms with Crippen molar-refractivity contribution in [2.45, 2.75) is 88.8 Å². The molecule has 2 fully saturated rings. The van der Waals surface area contributed by atoms with Crippen LogP contribution in [0.1, 0.15) is 76.2 Å². The Balaban J connectivity index is 1.49. The summed E-state index contributed by atoms with van der Waals surface area (Å²) < 4.78 is 57.1. The Morgan fingerprint density at radius 2 is 1.57 bits per heavy atom. The summed E-state index contributed by atoms with van der Waals surface area (Å²) in [5.41, 5.74) is 0.618. The molecule has 1 aliphatic heterocycles. The molecule has 0 amide bonds. The van der Waals surface area contributed by atoms with E-state index in [1.165, 1.54) is 62.4 Å². The van der Waals surface area contributed by atoms with Gasteiger partial charge in [0, 0.05) is 8.80 Å². The maximum absolute atomic E-state index is 14.2. The van der Waals surface area contributed by atoms with Crippen LogP contribution in [-0.4, -0.2) is 8.80 Å². The minimum absolute atomic E-state index is 0.0633. The van der Waals surface area contributed by atoms with Crippen molar-refractivity contribution in [2.75, 3.05) is 0 Å². The molecule has 168 valence electrons. The number of hydrogen-bond donors (Lipinski definition) is 0. The van der Waals surface area contributed by atoms with Crippen molar-refractivity contribution in [3.05, 3.63) is 41.7 Å². The van der Waals surface area contributed by atoms with E-state index in [1.54, 1.807) is 0 Å². The van der Waals surface area contributed by atoms with Gasteiger partial charge in [0.05, 0.1) is 0 Å². The molecule has 0 N–H and O–H groups in total. The molecule has 1 heterocycles. The van der Waals surface area contributed by atoms with Crippen molar-refractivity contribution in [2.24, 2.45) is 11.8 Å². The third-order valence-electron chi connectivity index (χ3n) is 7.30. The lowest BCUT2D eigenvalue weighted by atomic mass is 9.72. The molecular weight excluding hydrogens is 408 g/mol. The lowest BCUT2D eigenvalue weighted by Crippen LogP contribution is -2.28. The van der Waals surface area contributed by atoms with Gasteiger partial charge in [-0.1, -0.05) is 57.2 Å². The first-order chi connectivity index (χ1) is 14.5. The standard InChI is InChI=1S/C24H34F4OSi/c1-2-3-4-11-30-12-9-19(10-13-30)17-5-7-18(8-6-17)20-14-21(25)24(22(26)15-20)29-16-23(27)28/h14-19,30H,2-13H2,1H3. The fourth-order valence-electron chi connectivity index (χ4n) is 5.59. The van der Waals surface area contributed by atoms with Crippen LogP contribution in [0.2, 0.25) is 18.1 Å². The van der Waals surface area contributed by atoms with Gasteiger partial charge in [-0.15, -0.1) is 0 Å². The predicted molar refractivity (Wildman–Crippen MR) is 116 cm³/mol. The van der Waals surface area contributed by atoms with Gasteiger partial charge in [0.25, 0.3) is 0 Å². The largest absolute Gasteiger partial charge is 0.453 e. The van der Waals surface area contributed by atoms with Crippen molar-refractivity contribution in [1.29, 1.82) is 0 Å². The molecule has 6 heteroatoms. The minimum Gasteiger partial charge on any atom is -0.453 e. The zero-order valence-corrected chi connectivity index (χ0v) is 19.1. The summed E-state index contributed by atoms with van der Waals surface area (Å²) in [4.78, 5) is 0. The van der Waals surface area contributed by atoms with Crippen LogP contribution in [0.4, 0.5) is 17.6 Å². The lowest BCUT2D eigenvalue weighted by Gasteiger charge is -2.37. The third-order valence-corrected chi connectivity index (χ3v) is 10.8. The van der Waals surface area contributed by atoms with Crippen molar-refractivity contribution >= 4 is 8.80 Å². The van der Waals surface area contributed by atoms with Crippen LogP contribution in [0.25, 0.3) is 0 Å². The second kappa shape index (κ2) is 11.4. The average Bonchev–Trinajstić information content (AvgIpc) is 2.74. The second-order valence-electron chi connectivity index (χ2n) is 9.23. The van der Waals surface area contributed by atoms with Crippen molar-refractivity contribution in [3.63, 3.8) is 0 Å². The Labute approximate surface area is 179 Å². The number of hydrogen-bond acceptors (Lipinski definition) is 1. The van der Waals surface area contributed by atoms with Crippen molar-refractivity contribution in [3.8, 4) is 5.75 Å². The van der Waals surface area contributed by atoms with Crippen LogP contribution in [0, 0.1) is 23.5 Å². The summed E-state index contributed by atoms with van der Waals surface area (Å²) in [7, 11) is -0.487. The van der Waals surface area contributed by atoms with E-state index in [0.29, 0.717) is 5.56 Å². The average molecular weight is 443 g/mol. The number of rotatable bonds is 8. The molecule has 30 heavy (non-hydrogen) atoms. The Kier molecular flexibility index (Phi) is 8.84. The van der Waals surface area contributed by atoms with E-state index < -0.39 is 32.3 Å². The van der Waals surface area contributed by atoms with Gasteiger partial charge in [-0.2, -0.15) is 8.78 Å². The highest BCUT2D eigenvalue weighted by Crippen LogP contribution is 2.44. The molecule has 0 unspecified atom stereocenters. The van der Waals surface area contributed by atoms with E-state index in [9.17, 15) is 17.6 Å². The Hall–Kier alpha value is -1.30. The van der Waals surface area contributed by atoms with Gasteiger partial charge in [0.1, 0.15) is 0 Å². The quantitative estimate of drug-likeness (QED) is 0.171. The van der Waals surface area contributed by atoms with Gasteiger partial charge < -0.3 is 4.74 Å². The molecule has 1 nitrogen and oxygen atoms in total. The molecule has 1 aromatic rings. The summed E-state index contributed by atoms with van der Waals surface area (Å²) in [6.07, 6.45) is 8.97. The second-order valence-corrected chi connectivity index (χ2v) is 12.7. The van der Waals surface area contributed by atoms with Crippen LogP contribution in [-0.2, 0) is 0 Å². The maximum Gasteiger partial charge on any atom is 0.305 e. The molecule has 0 spiro atoms. The predicted octanol–water partition coefficient (Wildman–Crippen LogP) is 8.18. The first kappa shape index (κ1) is 23.4. The zero-order valence-electron chi connectivity index (χ0n) is 17.9. The van der Waals surface area contributed by atoms with E-state index in [4.69, 9.17) is 0 Å². The van der Waals surface area contributed by atoms with Crippen LogP contribution in [0.5, 0.6) is 5.75 Å². The molecule has 0 radical (unpaired) electrons. The van der Waals surface area contributed by atoms with Gasteiger partial charge >= 0.3 is 6.08 Å². The van der Waals surface area contributed by atoms with E-state index >= 15 is 0 Å². The van der Waals surface area contributed by atoms with Crippen molar-refractivity contribution in [1.82, 2.24) is 0 Å².